The van der Waals surface area contributed by atoms with Crippen molar-refractivity contribution < 1.29 is 9.53 Å². The Kier molecular flexibility index (Phi) is 5.65. The third-order valence-electron chi connectivity index (χ3n) is 4.36. The number of amides is 1. The molecule has 0 aliphatic carbocycles. The van der Waals surface area contributed by atoms with Gasteiger partial charge in [0.05, 0.1) is 18.3 Å². The quantitative estimate of drug-likeness (QED) is 0.842. The van der Waals surface area contributed by atoms with E-state index in [9.17, 15) is 4.79 Å². The maximum Gasteiger partial charge on any atom is 0.278 e. The molecule has 0 saturated carbocycles. The van der Waals surface area contributed by atoms with Gasteiger partial charge in [-0.15, -0.1) is 5.10 Å². The van der Waals surface area contributed by atoms with Crippen LogP contribution in [0.15, 0.2) is 24.3 Å². The van der Waals surface area contributed by atoms with Crippen molar-refractivity contribution in [1.29, 1.82) is 0 Å². The van der Waals surface area contributed by atoms with Crippen molar-refractivity contribution in [3.05, 3.63) is 35.7 Å². The summed E-state index contributed by atoms with van der Waals surface area (Å²) in [5, 5.41) is 14.5. The van der Waals surface area contributed by atoms with Crippen LogP contribution in [0.5, 0.6) is 5.75 Å². The summed E-state index contributed by atoms with van der Waals surface area (Å²) >= 11 is 0. The van der Waals surface area contributed by atoms with E-state index in [-0.39, 0.29) is 5.91 Å². The molecule has 1 amide bonds. The Balaban J connectivity index is 1.70. The van der Waals surface area contributed by atoms with Crippen molar-refractivity contribution in [3.63, 3.8) is 0 Å². The number of aromatic nitrogens is 3. The van der Waals surface area contributed by atoms with Crippen LogP contribution in [0.2, 0.25) is 0 Å². The van der Waals surface area contributed by atoms with Gasteiger partial charge in [-0.3, -0.25) is 4.79 Å². The zero-order chi connectivity index (χ0) is 17.6. The monoisotopic (exact) mass is 343 g/mol. The molecule has 1 fully saturated rings. The fourth-order valence-electron chi connectivity index (χ4n) is 3.02. The SMILES string of the molecule is CCCOc1cccc(NC(=O)c2nnn(C3CCNCC3)c2C)c1. The summed E-state index contributed by atoms with van der Waals surface area (Å²) in [5.74, 6) is 0.500. The number of benzene rings is 1. The van der Waals surface area contributed by atoms with Gasteiger partial charge in [0.2, 0.25) is 0 Å². The summed E-state index contributed by atoms with van der Waals surface area (Å²) in [5.41, 5.74) is 1.87. The minimum absolute atomic E-state index is 0.245. The van der Waals surface area contributed by atoms with E-state index < -0.39 is 0 Å². The molecule has 2 N–H and O–H groups in total. The summed E-state index contributed by atoms with van der Waals surface area (Å²) in [6.07, 6.45) is 2.94. The lowest BCUT2D eigenvalue weighted by Gasteiger charge is -2.23. The van der Waals surface area contributed by atoms with Crippen LogP contribution in [0.25, 0.3) is 0 Å². The predicted octanol–water partition coefficient (Wildman–Crippen LogP) is 2.55. The van der Waals surface area contributed by atoms with Crippen molar-refractivity contribution in [2.24, 2.45) is 0 Å². The second kappa shape index (κ2) is 8.11. The number of hydrogen-bond donors (Lipinski definition) is 2. The fourth-order valence-corrected chi connectivity index (χ4v) is 3.02. The number of carbonyl (C=O) groups is 1. The zero-order valence-electron chi connectivity index (χ0n) is 14.8. The Morgan fingerprint density at radius 1 is 1.40 bits per heavy atom. The second-order valence-corrected chi connectivity index (χ2v) is 6.28. The van der Waals surface area contributed by atoms with E-state index in [1.54, 1.807) is 0 Å². The lowest BCUT2D eigenvalue weighted by Crippen LogP contribution is -2.30. The molecule has 0 unspecified atom stereocenters. The van der Waals surface area contributed by atoms with Crippen LogP contribution in [0.4, 0.5) is 5.69 Å². The molecule has 7 heteroatoms. The number of ether oxygens (including phenoxy) is 1. The third kappa shape index (κ3) is 4.17. The molecule has 134 valence electrons. The average molecular weight is 343 g/mol. The first-order chi connectivity index (χ1) is 12.2. The summed E-state index contributed by atoms with van der Waals surface area (Å²) in [4.78, 5) is 12.6. The highest BCUT2D eigenvalue weighted by Crippen LogP contribution is 2.22. The molecule has 3 rings (SSSR count). The largest absolute Gasteiger partial charge is 0.494 e. The molecular formula is C18H25N5O2. The van der Waals surface area contributed by atoms with Gasteiger partial charge in [-0.2, -0.15) is 0 Å². The smallest absolute Gasteiger partial charge is 0.278 e. The van der Waals surface area contributed by atoms with Crippen molar-refractivity contribution in [2.75, 3.05) is 25.0 Å². The summed E-state index contributed by atoms with van der Waals surface area (Å²) in [6, 6.07) is 7.70. The molecule has 7 nitrogen and oxygen atoms in total. The Labute approximate surface area is 147 Å². The third-order valence-corrected chi connectivity index (χ3v) is 4.36. The average Bonchev–Trinajstić information content (AvgIpc) is 3.02. The lowest BCUT2D eigenvalue weighted by atomic mass is 10.1. The number of nitrogens with zero attached hydrogens (tertiary/aromatic N) is 3. The molecule has 1 aromatic heterocycles. The Bertz CT molecular complexity index is 722. The molecule has 0 spiro atoms. The van der Waals surface area contributed by atoms with Crippen molar-refractivity contribution >= 4 is 11.6 Å². The number of piperidine rings is 1. The van der Waals surface area contributed by atoms with Gasteiger partial charge >= 0.3 is 0 Å². The van der Waals surface area contributed by atoms with Gasteiger partial charge in [0.1, 0.15) is 5.75 Å². The maximum atomic E-state index is 12.6. The predicted molar refractivity (Wildman–Crippen MR) is 96.1 cm³/mol. The highest BCUT2D eigenvalue weighted by molar-refractivity contribution is 6.03. The standard InChI is InChI=1S/C18H25N5O2/c1-3-11-25-16-6-4-5-14(12-16)20-18(24)17-13(2)23(22-21-17)15-7-9-19-10-8-15/h4-6,12,15,19H,3,7-11H2,1-2H3,(H,20,24). The molecule has 25 heavy (non-hydrogen) atoms. The minimum atomic E-state index is -0.245. The van der Waals surface area contributed by atoms with Gasteiger partial charge in [-0.05, 0) is 51.4 Å². The Morgan fingerprint density at radius 2 is 2.20 bits per heavy atom. The second-order valence-electron chi connectivity index (χ2n) is 6.28. The van der Waals surface area contributed by atoms with E-state index in [4.69, 9.17) is 4.74 Å². The molecule has 0 atom stereocenters. The number of carbonyl (C=O) groups excluding carboxylic acids is 1. The minimum Gasteiger partial charge on any atom is -0.494 e. The molecule has 1 aliphatic rings. The zero-order valence-corrected chi connectivity index (χ0v) is 14.8. The molecule has 1 saturated heterocycles. The van der Waals surface area contributed by atoms with Gasteiger partial charge in [-0.25, -0.2) is 4.68 Å². The summed E-state index contributed by atoms with van der Waals surface area (Å²) in [7, 11) is 0. The number of anilines is 1. The van der Waals surface area contributed by atoms with Crippen LogP contribution >= 0.6 is 0 Å². The first-order valence-electron chi connectivity index (χ1n) is 8.85. The van der Waals surface area contributed by atoms with Crippen LogP contribution in [0, 0.1) is 6.92 Å². The normalized spacial score (nSPS) is 15.1. The van der Waals surface area contributed by atoms with E-state index in [1.807, 2.05) is 35.9 Å². The van der Waals surface area contributed by atoms with Gasteiger partial charge in [0.15, 0.2) is 5.69 Å². The van der Waals surface area contributed by atoms with Gasteiger partial charge in [-0.1, -0.05) is 18.2 Å². The Hall–Kier alpha value is -2.41. The molecule has 2 heterocycles. The van der Waals surface area contributed by atoms with Crippen molar-refractivity contribution in [2.45, 2.75) is 39.2 Å². The molecule has 0 bridgehead atoms. The summed E-state index contributed by atoms with van der Waals surface area (Å²) < 4.78 is 7.49. The molecule has 1 aliphatic heterocycles. The highest BCUT2D eigenvalue weighted by atomic mass is 16.5. The van der Waals surface area contributed by atoms with Crippen LogP contribution < -0.4 is 15.4 Å². The number of rotatable bonds is 6. The molecule has 1 aromatic carbocycles. The van der Waals surface area contributed by atoms with E-state index >= 15 is 0 Å². The van der Waals surface area contributed by atoms with Crippen molar-refractivity contribution in [1.82, 2.24) is 20.3 Å². The molecule has 2 aromatic rings. The van der Waals surface area contributed by atoms with E-state index in [0.29, 0.717) is 24.0 Å². The maximum absolute atomic E-state index is 12.6. The lowest BCUT2D eigenvalue weighted by molar-refractivity contribution is 0.102. The Morgan fingerprint density at radius 3 is 2.96 bits per heavy atom. The molecule has 0 radical (unpaired) electrons. The van der Waals surface area contributed by atoms with E-state index in [2.05, 4.69) is 27.9 Å². The first-order valence-corrected chi connectivity index (χ1v) is 8.85. The topological polar surface area (TPSA) is 81.1 Å². The number of hydrogen-bond acceptors (Lipinski definition) is 5. The van der Waals surface area contributed by atoms with E-state index in [0.717, 1.165) is 43.8 Å². The van der Waals surface area contributed by atoms with Crippen LogP contribution in [0.1, 0.15) is 48.4 Å². The van der Waals surface area contributed by atoms with Crippen LogP contribution in [-0.2, 0) is 0 Å². The van der Waals surface area contributed by atoms with Gasteiger partial charge in [0.25, 0.3) is 5.91 Å². The van der Waals surface area contributed by atoms with E-state index in [1.165, 1.54) is 0 Å². The highest BCUT2D eigenvalue weighted by Gasteiger charge is 2.23. The summed E-state index contributed by atoms with van der Waals surface area (Å²) in [6.45, 7) is 6.55. The van der Waals surface area contributed by atoms with Gasteiger partial charge < -0.3 is 15.4 Å². The van der Waals surface area contributed by atoms with Crippen LogP contribution in [0.3, 0.4) is 0 Å². The van der Waals surface area contributed by atoms with Gasteiger partial charge in [0, 0.05) is 11.8 Å². The van der Waals surface area contributed by atoms with Crippen LogP contribution in [-0.4, -0.2) is 40.6 Å². The number of nitrogens with one attached hydrogen (secondary N) is 2. The van der Waals surface area contributed by atoms with Crippen molar-refractivity contribution in [3.8, 4) is 5.75 Å². The fraction of sp³-hybridized carbons (Fsp3) is 0.500. The first kappa shape index (κ1) is 17.4. The molecular weight excluding hydrogens is 318 g/mol.